The minimum Gasteiger partial charge on any atom is -0.376 e. The summed E-state index contributed by atoms with van der Waals surface area (Å²) in [7, 11) is 4.10. The van der Waals surface area contributed by atoms with Gasteiger partial charge >= 0.3 is 0 Å². The molecule has 0 aromatic carbocycles. The van der Waals surface area contributed by atoms with E-state index < -0.39 is 0 Å². The Kier molecular flexibility index (Phi) is 4.76. The summed E-state index contributed by atoms with van der Waals surface area (Å²) in [6, 6.07) is 2.82. The Labute approximate surface area is 128 Å². The van der Waals surface area contributed by atoms with Crippen LogP contribution in [0.15, 0.2) is 24.3 Å². The number of aromatic nitrogens is 1. The molecule has 0 radical (unpaired) electrons. The summed E-state index contributed by atoms with van der Waals surface area (Å²) in [5.41, 5.74) is 3.57. The summed E-state index contributed by atoms with van der Waals surface area (Å²) >= 11 is 0. The zero-order valence-corrected chi connectivity index (χ0v) is 13.9. The van der Waals surface area contributed by atoms with Crippen LogP contribution in [-0.4, -0.2) is 23.6 Å². The molecule has 114 valence electrons. The molecule has 1 aliphatic rings. The van der Waals surface area contributed by atoms with E-state index in [1.807, 2.05) is 0 Å². The molecule has 1 aromatic heterocycles. The Morgan fingerprint density at radius 1 is 1.29 bits per heavy atom. The lowest BCUT2D eigenvalue weighted by atomic mass is 10.2. The lowest BCUT2D eigenvalue weighted by Gasteiger charge is -2.22. The molecule has 1 aliphatic carbocycles. The van der Waals surface area contributed by atoms with Gasteiger partial charge in [0.25, 0.3) is 0 Å². The first-order valence-electron chi connectivity index (χ1n) is 7.84. The van der Waals surface area contributed by atoms with Gasteiger partial charge in [-0.25, -0.2) is 0 Å². The van der Waals surface area contributed by atoms with Crippen molar-refractivity contribution in [3.8, 4) is 0 Å². The maximum absolute atomic E-state index is 4.35. The molecule has 0 aliphatic heterocycles. The lowest BCUT2D eigenvalue weighted by Crippen LogP contribution is -2.30. The fraction of sp³-hybridized carbons (Fsp3) is 0.474. The average Bonchev–Trinajstić information content (AvgIpc) is 3.03. The van der Waals surface area contributed by atoms with Crippen molar-refractivity contribution in [1.82, 2.24) is 9.47 Å². The molecule has 0 bridgehead atoms. The van der Waals surface area contributed by atoms with Crippen molar-refractivity contribution in [1.29, 1.82) is 0 Å². The molecule has 0 N–H and O–H groups in total. The van der Waals surface area contributed by atoms with E-state index in [4.69, 9.17) is 0 Å². The van der Waals surface area contributed by atoms with Crippen LogP contribution in [0.4, 0.5) is 0 Å². The summed E-state index contributed by atoms with van der Waals surface area (Å²) in [5.74, 6) is 0. The van der Waals surface area contributed by atoms with Crippen LogP contribution >= 0.6 is 0 Å². The van der Waals surface area contributed by atoms with Crippen molar-refractivity contribution in [3.63, 3.8) is 0 Å². The highest BCUT2D eigenvalue weighted by Gasteiger charge is 2.21. The van der Waals surface area contributed by atoms with Gasteiger partial charge in [0.05, 0.1) is 11.4 Å². The zero-order valence-electron chi connectivity index (χ0n) is 13.9. The molecule has 21 heavy (non-hydrogen) atoms. The predicted molar refractivity (Wildman–Crippen MR) is 93.3 cm³/mol. The molecule has 1 aromatic rings. The second kappa shape index (κ2) is 6.38. The molecule has 0 unspecified atom stereocenters. The first kappa shape index (κ1) is 15.7. The first-order chi connectivity index (χ1) is 9.91. The van der Waals surface area contributed by atoms with Crippen molar-refractivity contribution in [3.05, 3.63) is 40.6 Å². The van der Waals surface area contributed by atoms with Crippen LogP contribution in [0.1, 0.15) is 51.3 Å². The summed E-state index contributed by atoms with van der Waals surface area (Å²) in [6.07, 6.45) is 9.49. The molecule has 0 amide bonds. The Hall–Kier alpha value is -1.70. The molecular weight excluding hydrogens is 256 g/mol. The molecule has 2 rings (SSSR count). The van der Waals surface area contributed by atoms with E-state index in [9.17, 15) is 0 Å². The molecule has 1 fully saturated rings. The van der Waals surface area contributed by atoms with E-state index in [0.717, 1.165) is 11.0 Å². The molecular formula is C19H28N2. The molecule has 2 nitrogen and oxygen atoms in total. The second-order valence-electron chi connectivity index (χ2n) is 6.49. The van der Waals surface area contributed by atoms with Gasteiger partial charge in [0, 0.05) is 25.5 Å². The monoisotopic (exact) mass is 284 g/mol. The van der Waals surface area contributed by atoms with Crippen LogP contribution < -0.4 is 10.6 Å². The summed E-state index contributed by atoms with van der Waals surface area (Å²) in [5, 5.41) is 2.33. The molecule has 0 atom stereocenters. The van der Waals surface area contributed by atoms with Gasteiger partial charge in [-0.2, -0.15) is 0 Å². The maximum Gasteiger partial charge on any atom is 0.0651 e. The second-order valence-corrected chi connectivity index (χ2v) is 6.49. The molecule has 0 spiro atoms. The van der Waals surface area contributed by atoms with Gasteiger partial charge in [-0.05, 0) is 38.0 Å². The maximum atomic E-state index is 4.35. The van der Waals surface area contributed by atoms with Gasteiger partial charge in [-0.1, -0.05) is 43.7 Å². The normalized spacial score (nSPS) is 16.3. The Morgan fingerprint density at radius 3 is 2.43 bits per heavy atom. The topological polar surface area (TPSA) is 8.17 Å². The van der Waals surface area contributed by atoms with Gasteiger partial charge in [-0.3, -0.25) is 0 Å². The summed E-state index contributed by atoms with van der Waals surface area (Å²) in [6.45, 7) is 12.8. The number of hydrogen-bond donors (Lipinski definition) is 0. The van der Waals surface area contributed by atoms with Crippen molar-refractivity contribution in [2.24, 2.45) is 0 Å². The van der Waals surface area contributed by atoms with E-state index in [0.29, 0.717) is 6.04 Å². The molecule has 0 saturated heterocycles. The Morgan fingerprint density at radius 2 is 1.90 bits per heavy atom. The Bertz CT molecular complexity index is 648. The summed E-state index contributed by atoms with van der Waals surface area (Å²) in [4.78, 5) is 2.09. The highest BCUT2D eigenvalue weighted by atomic mass is 15.1. The largest absolute Gasteiger partial charge is 0.376 e. The number of hydrogen-bond acceptors (Lipinski definition) is 1. The molecule has 1 saturated carbocycles. The SMILES string of the molecule is C=C(c1c/c(=C/C=C(C)C)c(=C)n1C1CCCC1)N(C)C. The summed E-state index contributed by atoms with van der Waals surface area (Å²) < 4.78 is 2.42. The number of allylic oxidation sites excluding steroid dienone is 2. The molecule has 2 heteroatoms. The predicted octanol–water partition coefficient (Wildman–Crippen LogP) is 3.29. The minimum absolute atomic E-state index is 0.582. The van der Waals surface area contributed by atoms with Gasteiger partial charge in [0.15, 0.2) is 0 Å². The third kappa shape index (κ3) is 3.31. The van der Waals surface area contributed by atoms with Crippen LogP contribution in [0, 0.1) is 0 Å². The average molecular weight is 284 g/mol. The van der Waals surface area contributed by atoms with Crippen LogP contribution in [-0.2, 0) is 0 Å². The third-order valence-corrected chi connectivity index (χ3v) is 4.30. The van der Waals surface area contributed by atoms with Gasteiger partial charge < -0.3 is 9.47 Å². The standard InChI is InChI=1S/C19H28N2/c1-14(2)11-12-17-13-19(16(4)20(5)6)21(15(17)3)18-9-7-8-10-18/h11-13,18H,3-4,7-10H2,1-2,5-6H3/b17-12-. The van der Waals surface area contributed by atoms with E-state index in [1.165, 1.54) is 42.2 Å². The minimum atomic E-state index is 0.582. The van der Waals surface area contributed by atoms with Crippen LogP contribution in [0.25, 0.3) is 18.4 Å². The zero-order chi connectivity index (χ0) is 15.6. The van der Waals surface area contributed by atoms with E-state index in [1.54, 1.807) is 0 Å². The highest BCUT2D eigenvalue weighted by Crippen LogP contribution is 2.30. The fourth-order valence-corrected chi connectivity index (χ4v) is 3.02. The number of nitrogens with zero attached hydrogens (tertiary/aromatic N) is 2. The van der Waals surface area contributed by atoms with Gasteiger partial charge in [-0.15, -0.1) is 0 Å². The number of rotatable bonds is 4. The fourth-order valence-electron chi connectivity index (χ4n) is 3.02. The quantitative estimate of drug-likeness (QED) is 0.823. The smallest absolute Gasteiger partial charge is 0.0651 e. The first-order valence-corrected chi connectivity index (χ1v) is 7.84. The van der Waals surface area contributed by atoms with Crippen LogP contribution in [0.5, 0.6) is 0 Å². The van der Waals surface area contributed by atoms with Crippen molar-refractivity contribution >= 4 is 18.4 Å². The van der Waals surface area contributed by atoms with E-state index >= 15 is 0 Å². The Balaban J connectivity index is 2.60. The van der Waals surface area contributed by atoms with Crippen molar-refractivity contribution in [2.45, 2.75) is 45.6 Å². The highest BCUT2D eigenvalue weighted by molar-refractivity contribution is 5.60. The third-order valence-electron chi connectivity index (χ3n) is 4.30. The van der Waals surface area contributed by atoms with Crippen molar-refractivity contribution < 1.29 is 0 Å². The van der Waals surface area contributed by atoms with E-state index in [2.05, 4.69) is 68.8 Å². The van der Waals surface area contributed by atoms with Crippen molar-refractivity contribution in [2.75, 3.05) is 14.1 Å². The van der Waals surface area contributed by atoms with Gasteiger partial charge in [0.1, 0.15) is 0 Å². The van der Waals surface area contributed by atoms with E-state index in [-0.39, 0.29) is 0 Å². The van der Waals surface area contributed by atoms with Crippen LogP contribution in [0.3, 0.4) is 0 Å². The van der Waals surface area contributed by atoms with Crippen LogP contribution in [0.2, 0.25) is 0 Å². The lowest BCUT2D eigenvalue weighted by molar-refractivity contribution is 0.493. The van der Waals surface area contributed by atoms with Gasteiger partial charge in [0.2, 0.25) is 0 Å². The molecule has 1 heterocycles.